The van der Waals surface area contributed by atoms with Crippen molar-refractivity contribution in [1.29, 1.82) is 0 Å². The minimum atomic E-state index is 0.998. The summed E-state index contributed by atoms with van der Waals surface area (Å²) in [7, 11) is 0. The molecule has 0 saturated heterocycles. The Bertz CT molecular complexity index is 112. The van der Waals surface area contributed by atoms with E-state index in [4.69, 9.17) is 0 Å². The van der Waals surface area contributed by atoms with Gasteiger partial charge in [-0.3, -0.25) is 0 Å². The largest absolute Gasteiger partial charge is 0.389 e. The SMILES string of the molecule is C=C(CCSCCCC)NCC. The molecule has 0 aromatic carbocycles. The Hall–Kier alpha value is -0.110. The highest BCUT2D eigenvalue weighted by Crippen LogP contribution is 2.08. The van der Waals surface area contributed by atoms with Crippen molar-refractivity contribution >= 4 is 11.8 Å². The summed E-state index contributed by atoms with van der Waals surface area (Å²) in [5, 5.41) is 3.23. The third-order valence-corrected chi connectivity index (χ3v) is 2.69. The van der Waals surface area contributed by atoms with Crippen LogP contribution in [0.1, 0.15) is 33.1 Å². The van der Waals surface area contributed by atoms with Crippen molar-refractivity contribution in [3.8, 4) is 0 Å². The number of nitrogens with one attached hydrogen (secondary N) is 1. The Morgan fingerprint density at radius 1 is 1.33 bits per heavy atom. The first kappa shape index (κ1) is 11.9. The van der Waals surface area contributed by atoms with Crippen molar-refractivity contribution in [1.82, 2.24) is 5.32 Å². The van der Waals surface area contributed by atoms with E-state index in [1.165, 1.54) is 30.0 Å². The third kappa shape index (κ3) is 7.99. The van der Waals surface area contributed by atoms with Crippen LogP contribution in [0, 0.1) is 0 Å². The van der Waals surface area contributed by atoms with E-state index in [0.717, 1.165) is 13.0 Å². The van der Waals surface area contributed by atoms with Gasteiger partial charge in [0.1, 0.15) is 0 Å². The maximum absolute atomic E-state index is 3.94. The first-order valence-corrected chi connectivity index (χ1v) is 5.96. The molecule has 0 bridgehead atoms. The van der Waals surface area contributed by atoms with Crippen molar-refractivity contribution in [3.63, 3.8) is 0 Å². The molecule has 0 aliphatic carbocycles. The molecule has 2 heteroatoms. The van der Waals surface area contributed by atoms with Gasteiger partial charge in [-0.05, 0) is 31.3 Å². The first-order valence-electron chi connectivity index (χ1n) is 4.80. The lowest BCUT2D eigenvalue weighted by atomic mass is 10.4. The smallest absolute Gasteiger partial charge is 0.0115 e. The molecule has 0 heterocycles. The van der Waals surface area contributed by atoms with Crippen molar-refractivity contribution in [3.05, 3.63) is 12.3 Å². The minimum absolute atomic E-state index is 0.998. The number of allylic oxidation sites excluding steroid dienone is 1. The molecule has 0 atom stereocenters. The Labute approximate surface area is 81.0 Å². The van der Waals surface area contributed by atoms with Gasteiger partial charge in [0.05, 0.1) is 0 Å². The molecule has 0 fully saturated rings. The molecule has 0 unspecified atom stereocenters. The highest BCUT2D eigenvalue weighted by molar-refractivity contribution is 7.99. The van der Waals surface area contributed by atoms with Crippen LogP contribution in [0.25, 0.3) is 0 Å². The van der Waals surface area contributed by atoms with Crippen LogP contribution in [0.3, 0.4) is 0 Å². The van der Waals surface area contributed by atoms with Gasteiger partial charge in [0, 0.05) is 12.2 Å². The van der Waals surface area contributed by atoms with Crippen molar-refractivity contribution < 1.29 is 0 Å². The monoisotopic (exact) mass is 187 g/mol. The zero-order chi connectivity index (χ0) is 9.23. The fourth-order valence-electron chi connectivity index (χ4n) is 0.882. The average molecular weight is 187 g/mol. The molecule has 0 amide bonds. The topological polar surface area (TPSA) is 12.0 Å². The summed E-state index contributed by atoms with van der Waals surface area (Å²) in [6.45, 7) is 9.28. The minimum Gasteiger partial charge on any atom is -0.389 e. The quantitative estimate of drug-likeness (QED) is 0.586. The Morgan fingerprint density at radius 3 is 2.67 bits per heavy atom. The molecular formula is C10H21NS. The van der Waals surface area contributed by atoms with E-state index >= 15 is 0 Å². The van der Waals surface area contributed by atoms with Crippen molar-refractivity contribution in [2.45, 2.75) is 33.1 Å². The highest BCUT2D eigenvalue weighted by atomic mass is 32.2. The van der Waals surface area contributed by atoms with Gasteiger partial charge in [-0.1, -0.05) is 19.9 Å². The number of hydrogen-bond donors (Lipinski definition) is 1. The molecule has 0 aliphatic heterocycles. The predicted octanol–water partition coefficient (Wildman–Crippen LogP) is 3.03. The molecule has 72 valence electrons. The van der Waals surface area contributed by atoms with E-state index in [9.17, 15) is 0 Å². The Morgan fingerprint density at radius 2 is 2.08 bits per heavy atom. The fraction of sp³-hybridized carbons (Fsp3) is 0.800. The van der Waals surface area contributed by atoms with Gasteiger partial charge < -0.3 is 5.32 Å². The van der Waals surface area contributed by atoms with Crippen LogP contribution in [0.4, 0.5) is 0 Å². The van der Waals surface area contributed by atoms with E-state index in [-0.39, 0.29) is 0 Å². The molecule has 0 rings (SSSR count). The van der Waals surface area contributed by atoms with Crippen molar-refractivity contribution in [2.75, 3.05) is 18.1 Å². The zero-order valence-corrected chi connectivity index (χ0v) is 9.17. The maximum Gasteiger partial charge on any atom is 0.0115 e. The van der Waals surface area contributed by atoms with Crippen LogP contribution >= 0.6 is 11.8 Å². The van der Waals surface area contributed by atoms with Crippen molar-refractivity contribution in [2.24, 2.45) is 0 Å². The lowest BCUT2D eigenvalue weighted by molar-refractivity contribution is 0.814. The third-order valence-electron chi connectivity index (χ3n) is 1.62. The molecule has 0 aromatic rings. The van der Waals surface area contributed by atoms with Crippen LogP contribution in [0.2, 0.25) is 0 Å². The zero-order valence-electron chi connectivity index (χ0n) is 8.36. The molecule has 1 N–H and O–H groups in total. The second-order valence-corrected chi connectivity index (χ2v) is 4.07. The molecule has 1 nitrogen and oxygen atoms in total. The van der Waals surface area contributed by atoms with Crippen LogP contribution in [-0.2, 0) is 0 Å². The summed E-state index contributed by atoms with van der Waals surface area (Å²) >= 11 is 2.03. The summed E-state index contributed by atoms with van der Waals surface area (Å²) in [5.74, 6) is 2.52. The lowest BCUT2D eigenvalue weighted by Gasteiger charge is -2.05. The average Bonchev–Trinajstić information content (AvgIpc) is 2.05. The normalized spacial score (nSPS) is 9.83. The van der Waals surface area contributed by atoms with Crippen LogP contribution in [0.5, 0.6) is 0 Å². The second kappa shape index (κ2) is 8.98. The van der Waals surface area contributed by atoms with Gasteiger partial charge in [0.25, 0.3) is 0 Å². The van der Waals surface area contributed by atoms with E-state index < -0.39 is 0 Å². The second-order valence-electron chi connectivity index (χ2n) is 2.85. The fourth-order valence-corrected chi connectivity index (χ4v) is 1.97. The van der Waals surface area contributed by atoms with Gasteiger partial charge >= 0.3 is 0 Å². The van der Waals surface area contributed by atoms with Gasteiger partial charge in [0.15, 0.2) is 0 Å². The first-order chi connectivity index (χ1) is 5.81. The van der Waals surface area contributed by atoms with Gasteiger partial charge in [-0.25, -0.2) is 0 Å². The van der Waals surface area contributed by atoms with E-state index in [1.807, 2.05) is 11.8 Å². The molecule has 12 heavy (non-hydrogen) atoms. The molecule has 0 saturated carbocycles. The Kier molecular flexibility index (Phi) is 8.90. The van der Waals surface area contributed by atoms with E-state index in [0.29, 0.717) is 0 Å². The number of unbranched alkanes of at least 4 members (excludes halogenated alkanes) is 1. The van der Waals surface area contributed by atoms with Gasteiger partial charge in [0.2, 0.25) is 0 Å². The summed E-state index contributed by atoms with van der Waals surface area (Å²) in [5.41, 5.74) is 1.18. The molecule has 0 aromatic heterocycles. The Balaban J connectivity index is 3.03. The van der Waals surface area contributed by atoms with E-state index in [1.54, 1.807) is 0 Å². The number of rotatable bonds is 8. The van der Waals surface area contributed by atoms with Crippen LogP contribution < -0.4 is 5.32 Å². The van der Waals surface area contributed by atoms with Gasteiger partial charge in [-0.2, -0.15) is 11.8 Å². The summed E-state index contributed by atoms with van der Waals surface area (Å²) in [6.07, 6.45) is 3.77. The maximum atomic E-state index is 3.94. The number of hydrogen-bond acceptors (Lipinski definition) is 2. The van der Waals surface area contributed by atoms with E-state index in [2.05, 4.69) is 25.7 Å². The predicted molar refractivity (Wildman–Crippen MR) is 59.7 cm³/mol. The molecular weight excluding hydrogens is 166 g/mol. The van der Waals surface area contributed by atoms with Crippen LogP contribution in [0.15, 0.2) is 12.3 Å². The standard InChI is InChI=1S/C10H21NS/c1-4-6-8-12-9-7-10(3)11-5-2/h11H,3-9H2,1-2H3. The highest BCUT2D eigenvalue weighted by Gasteiger charge is 1.92. The van der Waals surface area contributed by atoms with Crippen LogP contribution in [-0.4, -0.2) is 18.1 Å². The summed E-state index contributed by atoms with van der Waals surface area (Å²) in [6, 6.07) is 0. The summed E-state index contributed by atoms with van der Waals surface area (Å²) < 4.78 is 0. The summed E-state index contributed by atoms with van der Waals surface area (Å²) in [4.78, 5) is 0. The molecule has 0 aliphatic rings. The molecule has 0 radical (unpaired) electrons. The number of thioether (sulfide) groups is 1. The lowest BCUT2D eigenvalue weighted by Crippen LogP contribution is -2.11. The van der Waals surface area contributed by atoms with Gasteiger partial charge in [-0.15, -0.1) is 0 Å². The molecule has 0 spiro atoms.